The molecule has 21 heavy (non-hydrogen) atoms. The molecule has 1 unspecified atom stereocenters. The Labute approximate surface area is 135 Å². The SMILES string of the molecule is COCCNCC1CCCN(Cc2ccc(F)cc2Br)C1. The van der Waals surface area contributed by atoms with E-state index in [1.807, 2.05) is 6.07 Å². The number of piperidine rings is 1. The smallest absolute Gasteiger partial charge is 0.124 e. The minimum Gasteiger partial charge on any atom is -0.383 e. The van der Waals surface area contributed by atoms with Crippen molar-refractivity contribution in [2.75, 3.05) is 39.9 Å². The molecule has 0 amide bonds. The van der Waals surface area contributed by atoms with Crippen molar-refractivity contribution in [3.63, 3.8) is 0 Å². The van der Waals surface area contributed by atoms with Crippen LogP contribution in [0, 0.1) is 11.7 Å². The molecule has 118 valence electrons. The number of nitrogens with zero attached hydrogens (tertiary/aromatic N) is 1. The minimum absolute atomic E-state index is 0.190. The summed E-state index contributed by atoms with van der Waals surface area (Å²) in [6, 6.07) is 4.96. The van der Waals surface area contributed by atoms with Crippen molar-refractivity contribution in [3.05, 3.63) is 34.1 Å². The molecule has 0 radical (unpaired) electrons. The first-order chi connectivity index (χ1) is 10.2. The van der Waals surface area contributed by atoms with Gasteiger partial charge in [0, 0.05) is 31.2 Å². The lowest BCUT2D eigenvalue weighted by Gasteiger charge is -2.33. The number of rotatable bonds is 7. The highest BCUT2D eigenvalue weighted by atomic mass is 79.9. The molecule has 1 aromatic carbocycles. The molecule has 0 saturated carbocycles. The monoisotopic (exact) mass is 358 g/mol. The maximum absolute atomic E-state index is 13.1. The van der Waals surface area contributed by atoms with Crippen LogP contribution < -0.4 is 5.32 Å². The Morgan fingerprint density at radius 2 is 2.33 bits per heavy atom. The molecule has 1 N–H and O–H groups in total. The topological polar surface area (TPSA) is 24.5 Å². The van der Waals surface area contributed by atoms with Crippen molar-refractivity contribution in [1.82, 2.24) is 10.2 Å². The Morgan fingerprint density at radius 3 is 3.10 bits per heavy atom. The molecule has 0 bridgehead atoms. The Morgan fingerprint density at radius 1 is 1.48 bits per heavy atom. The first kappa shape index (κ1) is 16.9. The minimum atomic E-state index is -0.190. The van der Waals surface area contributed by atoms with Gasteiger partial charge in [0.1, 0.15) is 5.82 Å². The van der Waals surface area contributed by atoms with E-state index in [1.165, 1.54) is 18.9 Å². The second-order valence-corrected chi connectivity index (χ2v) is 6.53. The molecule has 0 spiro atoms. The molecule has 1 heterocycles. The number of halogens is 2. The standard InChI is InChI=1S/C16H24BrFN2O/c1-21-8-6-19-10-13-3-2-7-20(11-13)12-14-4-5-15(18)9-16(14)17/h4-5,9,13,19H,2-3,6-8,10-12H2,1H3. The third-order valence-corrected chi connectivity index (χ3v) is 4.67. The number of hydrogen-bond acceptors (Lipinski definition) is 3. The second kappa shape index (κ2) is 8.83. The van der Waals surface area contributed by atoms with Crippen molar-refractivity contribution in [2.24, 2.45) is 5.92 Å². The summed E-state index contributed by atoms with van der Waals surface area (Å²) < 4.78 is 19.0. The molecule has 1 fully saturated rings. The summed E-state index contributed by atoms with van der Waals surface area (Å²) in [5, 5.41) is 3.45. The van der Waals surface area contributed by atoms with Gasteiger partial charge >= 0.3 is 0 Å². The highest BCUT2D eigenvalue weighted by molar-refractivity contribution is 9.10. The number of nitrogens with one attached hydrogen (secondary N) is 1. The van der Waals surface area contributed by atoms with Crippen molar-refractivity contribution in [3.8, 4) is 0 Å². The van der Waals surface area contributed by atoms with Gasteiger partial charge in [-0.3, -0.25) is 4.90 Å². The first-order valence-electron chi connectivity index (χ1n) is 7.55. The highest BCUT2D eigenvalue weighted by Crippen LogP contribution is 2.23. The van der Waals surface area contributed by atoms with Crippen LogP contribution in [0.5, 0.6) is 0 Å². The fourth-order valence-electron chi connectivity index (χ4n) is 2.83. The molecule has 1 atom stereocenters. The van der Waals surface area contributed by atoms with Crippen LogP contribution in [0.25, 0.3) is 0 Å². The van der Waals surface area contributed by atoms with Crippen LogP contribution in [-0.4, -0.2) is 44.8 Å². The van der Waals surface area contributed by atoms with Crippen molar-refractivity contribution in [1.29, 1.82) is 0 Å². The van der Waals surface area contributed by atoms with E-state index in [0.717, 1.165) is 49.4 Å². The fraction of sp³-hybridized carbons (Fsp3) is 0.625. The predicted molar refractivity (Wildman–Crippen MR) is 86.8 cm³/mol. The normalized spacial score (nSPS) is 19.9. The number of hydrogen-bond donors (Lipinski definition) is 1. The first-order valence-corrected chi connectivity index (χ1v) is 8.34. The summed E-state index contributed by atoms with van der Waals surface area (Å²) in [7, 11) is 1.73. The molecule has 0 aliphatic carbocycles. The summed E-state index contributed by atoms with van der Waals surface area (Å²) >= 11 is 3.46. The maximum atomic E-state index is 13.1. The number of methoxy groups -OCH3 is 1. The van der Waals surface area contributed by atoms with Gasteiger partial charge in [0.15, 0.2) is 0 Å². The molecule has 0 aromatic heterocycles. The van der Waals surface area contributed by atoms with Crippen LogP contribution in [0.1, 0.15) is 18.4 Å². The lowest BCUT2D eigenvalue weighted by molar-refractivity contribution is 0.159. The number of ether oxygens (including phenoxy) is 1. The molecular weight excluding hydrogens is 335 g/mol. The Bertz CT molecular complexity index is 444. The zero-order chi connectivity index (χ0) is 15.1. The summed E-state index contributed by atoms with van der Waals surface area (Å²) in [4.78, 5) is 2.46. The predicted octanol–water partition coefficient (Wildman–Crippen LogP) is 3.04. The van der Waals surface area contributed by atoms with Gasteiger partial charge in [0.05, 0.1) is 6.61 Å². The zero-order valence-corrected chi connectivity index (χ0v) is 14.2. The highest BCUT2D eigenvalue weighted by Gasteiger charge is 2.20. The summed E-state index contributed by atoms with van der Waals surface area (Å²) in [6.45, 7) is 5.83. The molecule has 1 aliphatic heterocycles. The Hall–Kier alpha value is -0.490. The molecule has 1 aromatic rings. The van der Waals surface area contributed by atoms with Gasteiger partial charge in [0.25, 0.3) is 0 Å². The molecule has 1 saturated heterocycles. The average Bonchev–Trinajstić information content (AvgIpc) is 2.47. The van der Waals surface area contributed by atoms with Crippen molar-refractivity contribution >= 4 is 15.9 Å². The van der Waals surface area contributed by atoms with E-state index in [4.69, 9.17) is 4.74 Å². The molecule has 5 heteroatoms. The van der Waals surface area contributed by atoms with Gasteiger partial charge in [-0.25, -0.2) is 4.39 Å². The lowest BCUT2D eigenvalue weighted by atomic mass is 9.97. The van der Waals surface area contributed by atoms with E-state index < -0.39 is 0 Å². The van der Waals surface area contributed by atoms with E-state index in [9.17, 15) is 4.39 Å². The van der Waals surface area contributed by atoms with Gasteiger partial charge in [-0.1, -0.05) is 22.0 Å². The van der Waals surface area contributed by atoms with Crippen LogP contribution in [0.3, 0.4) is 0 Å². The van der Waals surface area contributed by atoms with Crippen molar-refractivity contribution in [2.45, 2.75) is 19.4 Å². The molecule has 1 aliphatic rings. The summed E-state index contributed by atoms with van der Waals surface area (Å²) in [6.07, 6.45) is 2.51. The van der Waals surface area contributed by atoms with Gasteiger partial charge in [-0.15, -0.1) is 0 Å². The third-order valence-electron chi connectivity index (χ3n) is 3.93. The second-order valence-electron chi connectivity index (χ2n) is 5.68. The van der Waals surface area contributed by atoms with Crippen LogP contribution in [0.15, 0.2) is 22.7 Å². The fourth-order valence-corrected chi connectivity index (χ4v) is 3.31. The van der Waals surface area contributed by atoms with Crippen LogP contribution in [0.2, 0.25) is 0 Å². The maximum Gasteiger partial charge on any atom is 0.124 e. The molecule has 2 rings (SSSR count). The number of likely N-dealkylation sites (tertiary alicyclic amines) is 1. The van der Waals surface area contributed by atoms with Crippen molar-refractivity contribution < 1.29 is 9.13 Å². The third kappa shape index (κ3) is 5.66. The Kier molecular flexibility index (Phi) is 7.10. The van der Waals surface area contributed by atoms with Gasteiger partial charge < -0.3 is 10.1 Å². The van der Waals surface area contributed by atoms with Gasteiger partial charge in [0.2, 0.25) is 0 Å². The molecular formula is C16H24BrFN2O. The van der Waals surface area contributed by atoms with E-state index in [-0.39, 0.29) is 5.82 Å². The lowest BCUT2D eigenvalue weighted by Crippen LogP contribution is -2.39. The van der Waals surface area contributed by atoms with Gasteiger partial charge in [-0.2, -0.15) is 0 Å². The van der Waals surface area contributed by atoms with Gasteiger partial charge in [-0.05, 0) is 49.5 Å². The largest absolute Gasteiger partial charge is 0.383 e. The quantitative estimate of drug-likeness (QED) is 0.758. The van der Waals surface area contributed by atoms with Crippen LogP contribution in [-0.2, 0) is 11.3 Å². The van der Waals surface area contributed by atoms with E-state index in [0.29, 0.717) is 5.92 Å². The molecule has 3 nitrogen and oxygen atoms in total. The van der Waals surface area contributed by atoms with Crippen LogP contribution in [0.4, 0.5) is 4.39 Å². The van der Waals surface area contributed by atoms with E-state index in [1.54, 1.807) is 13.2 Å². The van der Waals surface area contributed by atoms with Crippen LogP contribution >= 0.6 is 15.9 Å². The number of benzene rings is 1. The zero-order valence-electron chi connectivity index (χ0n) is 12.6. The van der Waals surface area contributed by atoms with E-state index >= 15 is 0 Å². The Balaban J connectivity index is 1.80. The average molecular weight is 359 g/mol. The summed E-state index contributed by atoms with van der Waals surface area (Å²) in [5.41, 5.74) is 1.16. The van der Waals surface area contributed by atoms with E-state index in [2.05, 4.69) is 26.1 Å². The summed E-state index contributed by atoms with van der Waals surface area (Å²) in [5.74, 6) is 0.499.